The predicted molar refractivity (Wildman–Crippen MR) is 39.8 cm³/mol. The molecule has 0 unspecified atom stereocenters. The highest BCUT2D eigenvalue weighted by molar-refractivity contribution is 4.38. The van der Waals surface area contributed by atoms with Crippen LogP contribution in [-0.2, 0) is 4.74 Å². The molecule has 0 N–H and O–H groups in total. The van der Waals surface area contributed by atoms with Gasteiger partial charge >= 0.3 is 0 Å². The Bertz CT molecular complexity index is 47.2. The molecule has 0 atom stereocenters. The average molecular weight is 145 g/mol. The Balaban J connectivity index is 2.65. The lowest BCUT2D eigenvalue weighted by Crippen LogP contribution is -2.13. The molecule has 0 bridgehead atoms. The molecule has 0 rings (SSSR count). The van der Waals surface area contributed by atoms with Crippen LogP contribution in [0.1, 0.15) is 32.6 Å². The second-order valence-corrected chi connectivity index (χ2v) is 2.38. The van der Waals surface area contributed by atoms with E-state index in [0.29, 0.717) is 6.61 Å². The van der Waals surface area contributed by atoms with Gasteiger partial charge in [0.15, 0.2) is 0 Å². The first-order chi connectivity index (χ1) is 4.91. The highest BCUT2D eigenvalue weighted by Gasteiger charge is 1.85. The van der Waals surface area contributed by atoms with Gasteiger partial charge in [-0.05, 0) is 6.42 Å². The van der Waals surface area contributed by atoms with E-state index >= 15 is 0 Å². The van der Waals surface area contributed by atoms with Crippen molar-refractivity contribution in [1.29, 1.82) is 0 Å². The van der Waals surface area contributed by atoms with Gasteiger partial charge in [0.2, 0.25) is 0 Å². The second-order valence-electron chi connectivity index (χ2n) is 2.38. The third-order valence-corrected chi connectivity index (χ3v) is 1.37. The molecule has 0 aliphatic heterocycles. The van der Waals surface area contributed by atoms with Crippen molar-refractivity contribution in [3.8, 4) is 0 Å². The van der Waals surface area contributed by atoms with Gasteiger partial charge in [-0.25, -0.2) is 0 Å². The number of hydrogen-bond acceptors (Lipinski definition) is 2. The van der Waals surface area contributed by atoms with E-state index in [1.54, 1.807) is 0 Å². The summed E-state index contributed by atoms with van der Waals surface area (Å²) >= 11 is 0. The SMILES string of the molecule is CCCCCCOCC[O-]. The number of rotatable bonds is 7. The third-order valence-electron chi connectivity index (χ3n) is 1.37. The molecule has 0 aliphatic carbocycles. The van der Waals surface area contributed by atoms with E-state index in [9.17, 15) is 5.11 Å². The van der Waals surface area contributed by atoms with E-state index in [4.69, 9.17) is 4.74 Å². The normalized spacial score (nSPS) is 10.2. The lowest BCUT2D eigenvalue weighted by atomic mass is 10.2. The Morgan fingerprint density at radius 3 is 2.50 bits per heavy atom. The van der Waals surface area contributed by atoms with Gasteiger partial charge in [-0.3, -0.25) is 0 Å². The molecule has 2 heteroatoms. The largest absolute Gasteiger partial charge is 0.853 e. The monoisotopic (exact) mass is 145 g/mol. The van der Waals surface area contributed by atoms with Crippen molar-refractivity contribution < 1.29 is 9.84 Å². The maximum Gasteiger partial charge on any atom is 0.0465 e. The molecule has 0 aromatic heterocycles. The van der Waals surface area contributed by atoms with E-state index < -0.39 is 0 Å². The molecule has 0 heterocycles. The van der Waals surface area contributed by atoms with Gasteiger partial charge < -0.3 is 9.84 Å². The molecule has 10 heavy (non-hydrogen) atoms. The van der Waals surface area contributed by atoms with Crippen LogP contribution in [0.2, 0.25) is 0 Å². The maximum absolute atomic E-state index is 9.89. The first-order valence-corrected chi connectivity index (χ1v) is 4.07. The van der Waals surface area contributed by atoms with E-state index in [1.165, 1.54) is 19.3 Å². The second kappa shape index (κ2) is 8.92. The molecule has 0 spiro atoms. The molecule has 0 radical (unpaired) electrons. The van der Waals surface area contributed by atoms with Crippen molar-refractivity contribution in [3.63, 3.8) is 0 Å². The summed E-state index contributed by atoms with van der Waals surface area (Å²) in [5.74, 6) is 0. The van der Waals surface area contributed by atoms with Crippen LogP contribution in [0.15, 0.2) is 0 Å². The van der Waals surface area contributed by atoms with Crippen LogP contribution >= 0.6 is 0 Å². The molecule has 0 aliphatic rings. The summed E-state index contributed by atoms with van der Waals surface area (Å²) in [7, 11) is 0. The molecule has 0 amide bonds. The van der Waals surface area contributed by atoms with E-state index in [0.717, 1.165) is 13.0 Å². The Labute approximate surface area is 63.2 Å². The summed E-state index contributed by atoms with van der Waals surface area (Å²) in [4.78, 5) is 0. The Morgan fingerprint density at radius 1 is 1.10 bits per heavy atom. The molecule has 0 aromatic carbocycles. The minimum absolute atomic E-state index is 0.103. The Hall–Kier alpha value is -0.0800. The molecule has 0 saturated carbocycles. The summed E-state index contributed by atoms with van der Waals surface area (Å²) in [6.07, 6.45) is 4.87. The molecule has 0 fully saturated rings. The van der Waals surface area contributed by atoms with E-state index in [1.807, 2.05) is 0 Å². The van der Waals surface area contributed by atoms with Crippen molar-refractivity contribution in [2.24, 2.45) is 0 Å². The van der Waals surface area contributed by atoms with Crippen molar-refractivity contribution in [2.75, 3.05) is 19.8 Å². The van der Waals surface area contributed by atoms with Crippen LogP contribution in [0.3, 0.4) is 0 Å². The van der Waals surface area contributed by atoms with Gasteiger partial charge in [0.05, 0.1) is 0 Å². The van der Waals surface area contributed by atoms with Crippen LogP contribution in [-0.4, -0.2) is 19.8 Å². The van der Waals surface area contributed by atoms with Crippen LogP contribution < -0.4 is 5.11 Å². The van der Waals surface area contributed by atoms with Gasteiger partial charge in [-0.15, -0.1) is 6.61 Å². The van der Waals surface area contributed by atoms with Crippen LogP contribution in [0.4, 0.5) is 0 Å². The van der Waals surface area contributed by atoms with Crippen LogP contribution in [0, 0.1) is 0 Å². The molecule has 2 nitrogen and oxygen atoms in total. The van der Waals surface area contributed by atoms with Crippen LogP contribution in [0.5, 0.6) is 0 Å². The molecule has 0 aromatic rings. The number of unbranched alkanes of at least 4 members (excludes halogenated alkanes) is 3. The van der Waals surface area contributed by atoms with Crippen LogP contribution in [0.25, 0.3) is 0 Å². The first kappa shape index (κ1) is 9.92. The highest BCUT2D eigenvalue weighted by Crippen LogP contribution is 1.98. The maximum atomic E-state index is 9.89. The molecule has 62 valence electrons. The predicted octanol–water partition coefficient (Wildman–Crippen LogP) is 0.944. The van der Waals surface area contributed by atoms with Gasteiger partial charge in [0.25, 0.3) is 0 Å². The molecular weight excluding hydrogens is 128 g/mol. The van der Waals surface area contributed by atoms with Crippen molar-refractivity contribution >= 4 is 0 Å². The summed E-state index contributed by atoms with van der Waals surface area (Å²) < 4.78 is 5.02. The van der Waals surface area contributed by atoms with Gasteiger partial charge in [0.1, 0.15) is 0 Å². The molecular formula is C8H17O2-. The average Bonchev–Trinajstić information content (AvgIpc) is 1.97. The summed E-state index contributed by atoms with van der Waals surface area (Å²) in [5, 5.41) is 9.89. The van der Waals surface area contributed by atoms with Gasteiger partial charge in [0, 0.05) is 13.2 Å². The fraction of sp³-hybridized carbons (Fsp3) is 1.00. The fourth-order valence-corrected chi connectivity index (χ4v) is 0.792. The Kier molecular flexibility index (Phi) is 8.85. The fourth-order valence-electron chi connectivity index (χ4n) is 0.792. The highest BCUT2D eigenvalue weighted by atomic mass is 16.5. The minimum Gasteiger partial charge on any atom is -0.853 e. The smallest absolute Gasteiger partial charge is 0.0465 e. The van der Waals surface area contributed by atoms with Crippen molar-refractivity contribution in [1.82, 2.24) is 0 Å². The Morgan fingerprint density at radius 2 is 1.90 bits per heavy atom. The topological polar surface area (TPSA) is 32.3 Å². The number of ether oxygens (including phenoxy) is 1. The zero-order valence-electron chi connectivity index (χ0n) is 6.77. The zero-order valence-corrected chi connectivity index (χ0v) is 6.77. The minimum atomic E-state index is -0.103. The van der Waals surface area contributed by atoms with Gasteiger partial charge in [-0.1, -0.05) is 26.2 Å². The number of hydrogen-bond donors (Lipinski definition) is 0. The van der Waals surface area contributed by atoms with Crippen molar-refractivity contribution in [3.05, 3.63) is 0 Å². The standard InChI is InChI=1S/C8H17O2/c1-2-3-4-5-7-10-8-6-9/h2-8H2,1H3/q-1. The first-order valence-electron chi connectivity index (χ1n) is 4.07. The van der Waals surface area contributed by atoms with E-state index in [2.05, 4.69) is 6.92 Å². The zero-order chi connectivity index (χ0) is 7.66. The van der Waals surface area contributed by atoms with Crippen molar-refractivity contribution in [2.45, 2.75) is 32.6 Å². The summed E-state index contributed by atoms with van der Waals surface area (Å²) in [5.41, 5.74) is 0. The van der Waals surface area contributed by atoms with Gasteiger partial charge in [-0.2, -0.15) is 0 Å². The lowest BCUT2D eigenvalue weighted by molar-refractivity contribution is -0.374. The third kappa shape index (κ3) is 7.92. The lowest BCUT2D eigenvalue weighted by Gasteiger charge is -2.04. The molecule has 0 saturated heterocycles. The summed E-state index contributed by atoms with van der Waals surface area (Å²) in [6, 6.07) is 0. The quantitative estimate of drug-likeness (QED) is 0.499. The van der Waals surface area contributed by atoms with E-state index in [-0.39, 0.29) is 6.61 Å². The summed E-state index contributed by atoms with van der Waals surface area (Å²) in [6.45, 7) is 3.22.